The van der Waals surface area contributed by atoms with Crippen LogP contribution in [0.4, 0.5) is 0 Å². The summed E-state index contributed by atoms with van der Waals surface area (Å²) in [6.07, 6.45) is 2.38. The average Bonchev–Trinajstić information content (AvgIpc) is 2.81. The zero-order valence-electron chi connectivity index (χ0n) is 14.4. The van der Waals surface area contributed by atoms with Gasteiger partial charge in [-0.1, -0.05) is 30.3 Å². The number of hydrogen-bond donors (Lipinski definition) is 1. The summed E-state index contributed by atoms with van der Waals surface area (Å²) in [4.78, 5) is 14.6. The van der Waals surface area contributed by atoms with Crippen LogP contribution in [-0.4, -0.2) is 39.8 Å². The van der Waals surface area contributed by atoms with Crippen LogP contribution in [0.5, 0.6) is 0 Å². The fourth-order valence-electron chi connectivity index (χ4n) is 3.29. The molecule has 0 bridgehead atoms. The smallest absolute Gasteiger partial charge is 0.222 e. The van der Waals surface area contributed by atoms with Crippen molar-refractivity contribution in [3.05, 3.63) is 52.8 Å². The topological polar surface area (TPSA) is 49.0 Å². The highest BCUT2D eigenvalue weighted by molar-refractivity contribution is 7.99. The minimum atomic E-state index is 0.268. The number of aromatic amines is 1. The summed E-state index contributed by atoms with van der Waals surface area (Å²) in [7, 11) is 0. The van der Waals surface area contributed by atoms with Crippen LogP contribution in [0, 0.1) is 13.8 Å². The van der Waals surface area contributed by atoms with Crippen LogP contribution in [-0.2, 0) is 11.2 Å². The van der Waals surface area contributed by atoms with Crippen molar-refractivity contribution < 1.29 is 4.79 Å². The maximum Gasteiger partial charge on any atom is 0.222 e. The van der Waals surface area contributed by atoms with Gasteiger partial charge in [-0.2, -0.15) is 16.9 Å². The van der Waals surface area contributed by atoms with Crippen LogP contribution in [0.2, 0.25) is 0 Å². The van der Waals surface area contributed by atoms with Crippen molar-refractivity contribution in [1.82, 2.24) is 15.1 Å². The van der Waals surface area contributed by atoms with Crippen molar-refractivity contribution in [2.75, 3.05) is 18.8 Å². The van der Waals surface area contributed by atoms with Crippen LogP contribution in [0.15, 0.2) is 30.3 Å². The highest BCUT2D eigenvalue weighted by Crippen LogP contribution is 2.34. The van der Waals surface area contributed by atoms with Gasteiger partial charge in [-0.05, 0) is 37.8 Å². The number of amides is 1. The lowest BCUT2D eigenvalue weighted by atomic mass is 10.1. The van der Waals surface area contributed by atoms with E-state index in [-0.39, 0.29) is 5.91 Å². The van der Waals surface area contributed by atoms with E-state index in [0.29, 0.717) is 11.7 Å². The molecule has 1 unspecified atom stereocenters. The molecule has 1 atom stereocenters. The Bertz CT molecular complexity index is 664. The van der Waals surface area contributed by atoms with E-state index in [1.54, 1.807) is 0 Å². The number of aromatic nitrogens is 2. The largest absolute Gasteiger partial charge is 0.342 e. The third-order valence-corrected chi connectivity index (χ3v) is 6.06. The molecule has 1 fully saturated rings. The second-order valence-corrected chi connectivity index (χ2v) is 7.66. The Balaban J connectivity index is 1.55. The number of benzene rings is 1. The van der Waals surface area contributed by atoms with Gasteiger partial charge in [0.15, 0.2) is 0 Å². The fraction of sp³-hybridized carbons (Fsp3) is 0.474. The molecule has 0 radical (unpaired) electrons. The van der Waals surface area contributed by atoms with Crippen LogP contribution in [0.25, 0.3) is 0 Å². The fourth-order valence-corrected chi connectivity index (χ4v) is 4.52. The quantitative estimate of drug-likeness (QED) is 0.921. The summed E-state index contributed by atoms with van der Waals surface area (Å²) in [6.45, 7) is 5.73. The van der Waals surface area contributed by atoms with E-state index in [0.717, 1.165) is 43.1 Å². The summed E-state index contributed by atoms with van der Waals surface area (Å²) in [6, 6.07) is 10.6. The molecule has 2 aromatic rings. The predicted octanol–water partition coefficient (Wildman–Crippen LogP) is 3.67. The maximum absolute atomic E-state index is 12.6. The lowest BCUT2D eigenvalue weighted by Gasteiger charge is -2.20. The number of thioether (sulfide) groups is 1. The van der Waals surface area contributed by atoms with Crippen molar-refractivity contribution in [2.45, 2.75) is 38.4 Å². The third kappa shape index (κ3) is 4.01. The summed E-state index contributed by atoms with van der Waals surface area (Å²) < 4.78 is 0. The van der Waals surface area contributed by atoms with Crippen molar-refractivity contribution in [3.8, 4) is 0 Å². The SMILES string of the molecule is Cc1n[nH]c(C)c1CCC(=O)N1CCSC(c2ccccc2)CC1. The number of aryl methyl sites for hydroxylation is 2. The van der Waals surface area contributed by atoms with Crippen molar-refractivity contribution in [2.24, 2.45) is 0 Å². The number of rotatable bonds is 4. The van der Waals surface area contributed by atoms with Crippen molar-refractivity contribution in [1.29, 1.82) is 0 Å². The van der Waals surface area contributed by atoms with E-state index >= 15 is 0 Å². The van der Waals surface area contributed by atoms with Gasteiger partial charge in [-0.15, -0.1) is 0 Å². The van der Waals surface area contributed by atoms with E-state index < -0.39 is 0 Å². The number of carbonyl (C=O) groups excluding carboxylic acids is 1. The van der Waals surface area contributed by atoms with Gasteiger partial charge in [-0.25, -0.2) is 0 Å². The molecule has 1 amide bonds. The Morgan fingerprint density at radius 1 is 1.29 bits per heavy atom. The first-order chi connectivity index (χ1) is 11.6. The molecule has 0 saturated carbocycles. The lowest BCUT2D eigenvalue weighted by molar-refractivity contribution is -0.130. The number of hydrogen-bond acceptors (Lipinski definition) is 3. The van der Waals surface area contributed by atoms with E-state index in [9.17, 15) is 4.79 Å². The summed E-state index contributed by atoms with van der Waals surface area (Å²) in [5.74, 6) is 1.28. The number of nitrogens with zero attached hydrogens (tertiary/aromatic N) is 2. The first-order valence-corrected chi connectivity index (χ1v) is 9.65. The maximum atomic E-state index is 12.6. The second kappa shape index (κ2) is 7.88. The zero-order chi connectivity index (χ0) is 16.9. The molecule has 5 heteroatoms. The van der Waals surface area contributed by atoms with Crippen LogP contribution in [0.1, 0.15) is 40.6 Å². The molecular formula is C19H25N3OS. The average molecular weight is 343 g/mol. The molecule has 1 aromatic carbocycles. The molecular weight excluding hydrogens is 318 g/mol. The molecule has 2 heterocycles. The Hall–Kier alpha value is -1.75. The summed E-state index contributed by atoms with van der Waals surface area (Å²) >= 11 is 1.97. The molecule has 24 heavy (non-hydrogen) atoms. The molecule has 0 spiro atoms. The van der Waals surface area contributed by atoms with E-state index in [1.165, 1.54) is 11.1 Å². The second-order valence-electron chi connectivity index (χ2n) is 6.35. The third-order valence-electron chi connectivity index (χ3n) is 4.74. The Morgan fingerprint density at radius 3 is 2.79 bits per heavy atom. The highest BCUT2D eigenvalue weighted by atomic mass is 32.2. The molecule has 1 N–H and O–H groups in total. The van der Waals surface area contributed by atoms with Gasteiger partial charge < -0.3 is 4.90 Å². The van der Waals surface area contributed by atoms with E-state index in [1.807, 2.05) is 30.5 Å². The van der Waals surface area contributed by atoms with Gasteiger partial charge in [0, 0.05) is 36.2 Å². The molecule has 4 nitrogen and oxygen atoms in total. The number of H-pyrrole nitrogens is 1. The number of nitrogens with one attached hydrogen (secondary N) is 1. The van der Waals surface area contributed by atoms with Crippen LogP contribution < -0.4 is 0 Å². The Labute approximate surface area is 148 Å². The first kappa shape index (κ1) is 17.1. The molecule has 0 aliphatic carbocycles. The van der Waals surface area contributed by atoms with Crippen LogP contribution in [0.3, 0.4) is 0 Å². The van der Waals surface area contributed by atoms with Gasteiger partial charge in [0.25, 0.3) is 0 Å². The van der Waals surface area contributed by atoms with Gasteiger partial charge in [0.1, 0.15) is 0 Å². The van der Waals surface area contributed by atoms with E-state index in [4.69, 9.17) is 0 Å². The Kier molecular flexibility index (Phi) is 5.61. The van der Waals surface area contributed by atoms with Gasteiger partial charge >= 0.3 is 0 Å². The minimum Gasteiger partial charge on any atom is -0.342 e. The van der Waals surface area contributed by atoms with Crippen molar-refractivity contribution >= 4 is 17.7 Å². The van der Waals surface area contributed by atoms with Crippen molar-refractivity contribution in [3.63, 3.8) is 0 Å². The molecule has 3 rings (SSSR count). The van der Waals surface area contributed by atoms with Gasteiger partial charge in [0.2, 0.25) is 5.91 Å². The first-order valence-electron chi connectivity index (χ1n) is 8.60. The Morgan fingerprint density at radius 2 is 2.08 bits per heavy atom. The summed E-state index contributed by atoms with van der Waals surface area (Å²) in [5.41, 5.74) is 4.66. The van der Waals surface area contributed by atoms with Gasteiger partial charge in [0.05, 0.1) is 5.69 Å². The minimum absolute atomic E-state index is 0.268. The van der Waals surface area contributed by atoms with E-state index in [2.05, 4.69) is 40.5 Å². The monoisotopic (exact) mass is 343 g/mol. The molecule has 1 saturated heterocycles. The lowest BCUT2D eigenvalue weighted by Crippen LogP contribution is -2.33. The summed E-state index contributed by atoms with van der Waals surface area (Å²) in [5, 5.41) is 7.71. The molecule has 1 aliphatic rings. The molecule has 1 aliphatic heterocycles. The van der Waals surface area contributed by atoms with Gasteiger partial charge in [-0.3, -0.25) is 9.89 Å². The number of carbonyl (C=O) groups is 1. The normalized spacial score (nSPS) is 18.4. The highest BCUT2D eigenvalue weighted by Gasteiger charge is 2.22. The zero-order valence-corrected chi connectivity index (χ0v) is 15.2. The standard InChI is InChI=1S/C19H25N3OS/c1-14-17(15(2)21-20-14)8-9-19(23)22-11-10-18(24-13-12-22)16-6-4-3-5-7-16/h3-7,18H,8-13H2,1-2H3,(H,20,21). The molecule has 1 aromatic heterocycles. The van der Waals surface area contributed by atoms with Crippen LogP contribution >= 0.6 is 11.8 Å². The molecule has 128 valence electrons. The predicted molar refractivity (Wildman–Crippen MR) is 99.2 cm³/mol.